The van der Waals surface area contributed by atoms with Crippen LogP contribution in [0, 0.1) is 0 Å². The van der Waals surface area contributed by atoms with Crippen LogP contribution in [0.1, 0.15) is 48.3 Å². The minimum absolute atomic E-state index is 0.00985. The predicted octanol–water partition coefficient (Wildman–Crippen LogP) is 1.63. The van der Waals surface area contributed by atoms with Gasteiger partial charge in [0, 0.05) is 44.5 Å². The maximum atomic E-state index is 12.7. The van der Waals surface area contributed by atoms with E-state index in [4.69, 9.17) is 9.72 Å². The van der Waals surface area contributed by atoms with Crippen LogP contribution in [0.5, 0.6) is 5.75 Å². The van der Waals surface area contributed by atoms with Gasteiger partial charge in [-0.15, -0.1) is 0 Å². The highest BCUT2D eigenvalue weighted by atomic mass is 16.5. The SMILES string of the molecule is COc1ccc(CCC(=O)N2CC[C@H](c3nc4c(c(=O)[nH]3)CCN(C(C)=O)C4)C2)cc1. The fraction of sp³-hybridized carbons (Fsp3) is 0.478. The topological polar surface area (TPSA) is 95.6 Å². The number of amides is 2. The maximum Gasteiger partial charge on any atom is 0.254 e. The first-order valence-corrected chi connectivity index (χ1v) is 10.7. The molecule has 1 atom stereocenters. The molecule has 0 unspecified atom stereocenters. The molecule has 1 fully saturated rings. The fourth-order valence-electron chi connectivity index (χ4n) is 4.33. The monoisotopic (exact) mass is 424 g/mol. The van der Waals surface area contributed by atoms with E-state index in [1.807, 2.05) is 29.2 Å². The molecule has 1 aromatic carbocycles. The third kappa shape index (κ3) is 4.62. The van der Waals surface area contributed by atoms with Crippen LogP contribution in [-0.2, 0) is 29.0 Å². The first-order chi connectivity index (χ1) is 14.9. The molecule has 0 radical (unpaired) electrons. The van der Waals surface area contributed by atoms with E-state index in [2.05, 4.69) is 4.98 Å². The van der Waals surface area contributed by atoms with Crippen molar-refractivity contribution in [2.75, 3.05) is 26.7 Å². The van der Waals surface area contributed by atoms with Gasteiger partial charge in [0.15, 0.2) is 0 Å². The highest BCUT2D eigenvalue weighted by Gasteiger charge is 2.30. The van der Waals surface area contributed by atoms with Gasteiger partial charge >= 0.3 is 0 Å². The third-order valence-corrected chi connectivity index (χ3v) is 6.25. The van der Waals surface area contributed by atoms with E-state index >= 15 is 0 Å². The Morgan fingerprint density at radius 2 is 1.97 bits per heavy atom. The van der Waals surface area contributed by atoms with E-state index in [1.165, 1.54) is 6.92 Å². The van der Waals surface area contributed by atoms with Crippen LogP contribution in [0.4, 0.5) is 0 Å². The molecule has 8 heteroatoms. The molecule has 0 bridgehead atoms. The fourth-order valence-corrected chi connectivity index (χ4v) is 4.33. The summed E-state index contributed by atoms with van der Waals surface area (Å²) < 4.78 is 5.16. The Kier molecular flexibility index (Phi) is 6.06. The molecule has 0 saturated carbocycles. The summed E-state index contributed by atoms with van der Waals surface area (Å²) >= 11 is 0. The number of hydrogen-bond acceptors (Lipinski definition) is 5. The van der Waals surface area contributed by atoms with Gasteiger partial charge in [0.25, 0.3) is 5.56 Å². The molecule has 8 nitrogen and oxygen atoms in total. The summed E-state index contributed by atoms with van der Waals surface area (Å²) in [5.74, 6) is 1.54. The van der Waals surface area contributed by atoms with Gasteiger partial charge in [0.1, 0.15) is 11.6 Å². The van der Waals surface area contributed by atoms with Gasteiger partial charge in [0.2, 0.25) is 11.8 Å². The maximum absolute atomic E-state index is 12.7. The molecule has 1 N–H and O–H groups in total. The number of methoxy groups -OCH3 is 1. The third-order valence-electron chi connectivity index (χ3n) is 6.25. The summed E-state index contributed by atoms with van der Waals surface area (Å²) in [7, 11) is 1.63. The zero-order valence-corrected chi connectivity index (χ0v) is 18.0. The second-order valence-electron chi connectivity index (χ2n) is 8.24. The van der Waals surface area contributed by atoms with Gasteiger partial charge in [-0.3, -0.25) is 14.4 Å². The molecule has 1 aromatic heterocycles. The van der Waals surface area contributed by atoms with Crippen LogP contribution in [0.3, 0.4) is 0 Å². The van der Waals surface area contributed by atoms with Crippen LogP contribution in [0.15, 0.2) is 29.1 Å². The van der Waals surface area contributed by atoms with Crippen molar-refractivity contribution in [1.82, 2.24) is 19.8 Å². The second kappa shape index (κ2) is 8.91. The predicted molar refractivity (Wildman–Crippen MR) is 115 cm³/mol. The number of benzene rings is 1. The minimum atomic E-state index is -0.118. The molecule has 1 saturated heterocycles. The lowest BCUT2D eigenvalue weighted by Crippen LogP contribution is -2.38. The lowest BCUT2D eigenvalue weighted by atomic mass is 10.0. The highest BCUT2D eigenvalue weighted by Crippen LogP contribution is 2.26. The molecule has 2 amide bonds. The number of carbonyl (C=O) groups is 2. The number of aromatic amines is 1. The standard InChI is InChI=1S/C23H28N4O4/c1-15(28)26-12-10-19-20(14-26)24-22(25-23(19)30)17-9-11-27(13-17)21(29)8-5-16-3-6-18(31-2)7-4-16/h3-4,6-7,17H,5,8-14H2,1-2H3,(H,24,25,30)/t17-/m0/s1. The number of hydrogen-bond donors (Lipinski definition) is 1. The van der Waals surface area contributed by atoms with Crippen molar-refractivity contribution in [3.8, 4) is 5.75 Å². The molecule has 2 aliphatic rings. The molecule has 2 aromatic rings. The summed E-state index contributed by atoms with van der Waals surface area (Å²) in [4.78, 5) is 48.2. The first kappa shape index (κ1) is 21.1. The Morgan fingerprint density at radius 3 is 2.68 bits per heavy atom. The number of H-pyrrole nitrogens is 1. The number of nitrogens with zero attached hydrogens (tertiary/aromatic N) is 3. The Hall–Kier alpha value is -3.16. The van der Waals surface area contributed by atoms with E-state index in [1.54, 1.807) is 12.0 Å². The molecule has 0 spiro atoms. The molecule has 164 valence electrons. The number of ether oxygens (including phenoxy) is 1. The smallest absolute Gasteiger partial charge is 0.254 e. The summed E-state index contributed by atoms with van der Waals surface area (Å²) in [6.45, 7) is 3.67. The molecule has 2 aliphatic heterocycles. The van der Waals surface area contributed by atoms with Crippen molar-refractivity contribution in [2.45, 2.75) is 45.1 Å². The lowest BCUT2D eigenvalue weighted by molar-refractivity contribution is -0.130. The van der Waals surface area contributed by atoms with Crippen LogP contribution in [-0.4, -0.2) is 58.3 Å². The van der Waals surface area contributed by atoms with Crippen molar-refractivity contribution in [1.29, 1.82) is 0 Å². The minimum Gasteiger partial charge on any atom is -0.497 e. The summed E-state index contributed by atoms with van der Waals surface area (Å²) in [6, 6.07) is 7.75. The Labute approximate surface area is 181 Å². The van der Waals surface area contributed by atoms with E-state index in [0.717, 1.165) is 17.7 Å². The van der Waals surface area contributed by atoms with E-state index in [-0.39, 0.29) is 23.3 Å². The summed E-state index contributed by atoms with van der Waals surface area (Å²) in [5.41, 5.74) is 2.34. The van der Waals surface area contributed by atoms with Gasteiger partial charge in [-0.2, -0.15) is 0 Å². The van der Waals surface area contributed by atoms with Crippen molar-refractivity contribution >= 4 is 11.8 Å². The van der Waals surface area contributed by atoms with Gasteiger partial charge < -0.3 is 19.5 Å². The molecular weight excluding hydrogens is 396 g/mol. The number of likely N-dealkylation sites (tertiary alicyclic amines) is 1. The molecule has 4 rings (SSSR count). The first-order valence-electron chi connectivity index (χ1n) is 10.7. The number of aryl methyl sites for hydroxylation is 1. The second-order valence-corrected chi connectivity index (χ2v) is 8.24. The molecule has 3 heterocycles. The zero-order chi connectivity index (χ0) is 22.0. The zero-order valence-electron chi connectivity index (χ0n) is 18.0. The average Bonchev–Trinajstić information content (AvgIpc) is 3.28. The highest BCUT2D eigenvalue weighted by molar-refractivity contribution is 5.77. The van der Waals surface area contributed by atoms with Crippen molar-refractivity contribution in [2.24, 2.45) is 0 Å². The number of aromatic nitrogens is 2. The summed E-state index contributed by atoms with van der Waals surface area (Å²) in [6.07, 6.45) is 2.42. The summed E-state index contributed by atoms with van der Waals surface area (Å²) in [5, 5.41) is 0. The van der Waals surface area contributed by atoms with Gasteiger partial charge in [0.05, 0.1) is 19.3 Å². The van der Waals surface area contributed by atoms with Crippen LogP contribution < -0.4 is 10.3 Å². The Balaban J connectivity index is 1.38. The van der Waals surface area contributed by atoms with Crippen molar-refractivity contribution in [3.63, 3.8) is 0 Å². The normalized spacial score (nSPS) is 18.1. The molecule has 0 aliphatic carbocycles. The van der Waals surface area contributed by atoms with Gasteiger partial charge in [-0.25, -0.2) is 4.98 Å². The van der Waals surface area contributed by atoms with Gasteiger partial charge in [-0.1, -0.05) is 12.1 Å². The number of carbonyl (C=O) groups excluding carboxylic acids is 2. The lowest BCUT2D eigenvalue weighted by Gasteiger charge is -2.27. The van der Waals surface area contributed by atoms with E-state index < -0.39 is 0 Å². The number of fused-ring (bicyclic) bond motifs is 1. The van der Waals surface area contributed by atoms with Crippen LogP contribution in [0.25, 0.3) is 0 Å². The largest absolute Gasteiger partial charge is 0.497 e. The number of nitrogens with one attached hydrogen (secondary N) is 1. The van der Waals surface area contributed by atoms with Crippen LogP contribution in [0.2, 0.25) is 0 Å². The Morgan fingerprint density at radius 1 is 1.19 bits per heavy atom. The van der Waals surface area contributed by atoms with E-state index in [9.17, 15) is 14.4 Å². The average molecular weight is 425 g/mol. The van der Waals surface area contributed by atoms with Crippen molar-refractivity contribution < 1.29 is 14.3 Å². The van der Waals surface area contributed by atoms with Crippen LogP contribution >= 0.6 is 0 Å². The van der Waals surface area contributed by atoms with E-state index in [0.29, 0.717) is 62.5 Å². The Bertz CT molecular complexity index is 1030. The molecular formula is C23H28N4O4. The molecule has 31 heavy (non-hydrogen) atoms. The van der Waals surface area contributed by atoms with Crippen molar-refractivity contribution in [3.05, 3.63) is 57.3 Å². The quantitative estimate of drug-likeness (QED) is 0.787. The van der Waals surface area contributed by atoms with Gasteiger partial charge in [-0.05, 0) is 37.0 Å². The number of rotatable bonds is 5.